The second-order valence-corrected chi connectivity index (χ2v) is 7.70. The number of hydrogen-bond donors (Lipinski definition) is 1. The Balaban J connectivity index is 1.73. The van der Waals surface area contributed by atoms with Crippen molar-refractivity contribution < 1.29 is 19.2 Å². The Bertz CT molecular complexity index is 860. The number of halogens is 1. The number of hydrogen-bond acceptors (Lipinski definition) is 5. The van der Waals surface area contributed by atoms with Crippen molar-refractivity contribution in [1.29, 1.82) is 0 Å². The van der Waals surface area contributed by atoms with Gasteiger partial charge in [0.1, 0.15) is 6.04 Å². The summed E-state index contributed by atoms with van der Waals surface area (Å²) in [4.78, 5) is 51.6. The van der Waals surface area contributed by atoms with Crippen LogP contribution in [0.3, 0.4) is 0 Å². The highest BCUT2D eigenvalue weighted by Crippen LogP contribution is 2.37. The first-order chi connectivity index (χ1) is 12.8. The summed E-state index contributed by atoms with van der Waals surface area (Å²) in [6.45, 7) is 2.28. The molecule has 0 spiro atoms. The summed E-state index contributed by atoms with van der Waals surface area (Å²) in [6.07, 6.45) is 0.965. The molecule has 0 saturated carbocycles. The molecule has 9 heteroatoms. The van der Waals surface area contributed by atoms with E-state index in [4.69, 9.17) is 17.3 Å². The molecule has 4 amide bonds. The molecule has 3 rings (SSSR count). The van der Waals surface area contributed by atoms with E-state index in [1.807, 2.05) is 0 Å². The highest BCUT2D eigenvalue weighted by atomic mass is 35.5. The van der Waals surface area contributed by atoms with Crippen molar-refractivity contribution in [2.24, 2.45) is 5.73 Å². The molecule has 0 radical (unpaired) electrons. The fourth-order valence-corrected chi connectivity index (χ4v) is 4.33. The van der Waals surface area contributed by atoms with Gasteiger partial charge >= 0.3 is 0 Å². The monoisotopic (exact) mass is 407 g/mol. The third-order valence-corrected chi connectivity index (χ3v) is 6.05. The lowest BCUT2D eigenvalue weighted by Crippen LogP contribution is -2.45. The molecule has 7 nitrogen and oxygen atoms in total. The minimum absolute atomic E-state index is 0.157. The van der Waals surface area contributed by atoms with Crippen molar-refractivity contribution in [2.75, 3.05) is 13.1 Å². The third-order valence-electron chi connectivity index (χ3n) is 4.68. The Labute approximate surface area is 165 Å². The molecule has 2 heterocycles. The number of piperidine rings is 1. The summed E-state index contributed by atoms with van der Waals surface area (Å²) in [7, 11) is 0. The minimum Gasteiger partial charge on any atom is -0.368 e. The van der Waals surface area contributed by atoms with Gasteiger partial charge < -0.3 is 10.6 Å². The molecule has 27 heavy (non-hydrogen) atoms. The van der Waals surface area contributed by atoms with Gasteiger partial charge in [0.2, 0.25) is 5.91 Å². The van der Waals surface area contributed by atoms with Crippen LogP contribution in [-0.4, -0.2) is 51.9 Å². The number of amides is 4. The van der Waals surface area contributed by atoms with Crippen LogP contribution in [0.25, 0.3) is 0 Å². The predicted octanol–water partition coefficient (Wildman–Crippen LogP) is 2.40. The summed E-state index contributed by atoms with van der Waals surface area (Å²) in [5.41, 5.74) is 6.48. The molecule has 1 atom stereocenters. The average Bonchev–Trinajstić information content (AvgIpc) is 2.95. The van der Waals surface area contributed by atoms with Gasteiger partial charge in [0.15, 0.2) is 0 Å². The van der Waals surface area contributed by atoms with Crippen LogP contribution in [0.4, 0.5) is 4.79 Å². The second kappa shape index (κ2) is 7.74. The quantitative estimate of drug-likeness (QED) is 0.775. The number of nitrogens with zero attached hydrogens (tertiary/aromatic N) is 2. The van der Waals surface area contributed by atoms with Crippen LogP contribution in [0, 0.1) is 0 Å². The van der Waals surface area contributed by atoms with Crippen molar-refractivity contribution in [3.05, 3.63) is 45.3 Å². The van der Waals surface area contributed by atoms with Gasteiger partial charge in [-0.2, -0.15) is 0 Å². The fraction of sp³-hybridized carbons (Fsp3) is 0.333. The minimum atomic E-state index is -0.988. The molecule has 142 valence electrons. The molecule has 2 N–H and O–H groups in total. The van der Waals surface area contributed by atoms with Gasteiger partial charge in [-0.3, -0.25) is 24.1 Å². The van der Waals surface area contributed by atoms with Crippen molar-refractivity contribution in [3.63, 3.8) is 0 Å². The van der Waals surface area contributed by atoms with Gasteiger partial charge in [-0.1, -0.05) is 23.7 Å². The molecule has 2 saturated heterocycles. The maximum atomic E-state index is 12.6. The molecule has 0 bridgehead atoms. The van der Waals surface area contributed by atoms with Crippen LogP contribution >= 0.6 is 23.4 Å². The van der Waals surface area contributed by atoms with Gasteiger partial charge in [-0.05, 0) is 49.2 Å². The zero-order valence-corrected chi connectivity index (χ0v) is 16.2. The number of benzene rings is 1. The van der Waals surface area contributed by atoms with E-state index < -0.39 is 23.1 Å². The van der Waals surface area contributed by atoms with Crippen LogP contribution in [-0.2, 0) is 9.59 Å². The van der Waals surface area contributed by atoms with Gasteiger partial charge in [-0.15, -0.1) is 0 Å². The Morgan fingerprint density at radius 3 is 2.41 bits per heavy atom. The van der Waals surface area contributed by atoms with Crippen LogP contribution in [0.2, 0.25) is 5.02 Å². The zero-order valence-electron chi connectivity index (χ0n) is 14.6. The van der Waals surface area contributed by atoms with Gasteiger partial charge in [0.05, 0.1) is 15.5 Å². The summed E-state index contributed by atoms with van der Waals surface area (Å²) in [5, 5.41) is -0.0989. The van der Waals surface area contributed by atoms with E-state index in [0.29, 0.717) is 41.4 Å². The molecule has 0 aromatic heterocycles. The standard InChI is InChI=1S/C18H18ClN3O4S/c1-10(15(20)23)22-17(25)14(27-18(22)26)11-6-8-21(9-7-11)16(24)12-4-2-3-5-13(12)19/h2-5,10H,6-9H2,1H3,(H2,20,23). The Morgan fingerprint density at radius 1 is 1.19 bits per heavy atom. The predicted molar refractivity (Wildman–Crippen MR) is 102 cm³/mol. The van der Waals surface area contributed by atoms with Gasteiger partial charge in [0, 0.05) is 13.1 Å². The Kier molecular flexibility index (Phi) is 5.57. The molecule has 2 fully saturated rings. The van der Waals surface area contributed by atoms with Crippen molar-refractivity contribution in [1.82, 2.24) is 9.80 Å². The summed E-state index contributed by atoms with van der Waals surface area (Å²) in [5.74, 6) is -1.38. The molecular weight excluding hydrogens is 390 g/mol. The lowest BCUT2D eigenvalue weighted by atomic mass is 10.0. The van der Waals surface area contributed by atoms with Crippen molar-refractivity contribution in [3.8, 4) is 0 Å². The Hall–Kier alpha value is -2.32. The number of primary amides is 1. The average molecular weight is 408 g/mol. The van der Waals surface area contributed by atoms with E-state index in [1.165, 1.54) is 6.92 Å². The van der Waals surface area contributed by atoms with E-state index in [1.54, 1.807) is 29.2 Å². The van der Waals surface area contributed by atoms with Gasteiger partial charge in [-0.25, -0.2) is 0 Å². The summed E-state index contributed by atoms with van der Waals surface area (Å²) >= 11 is 6.92. The van der Waals surface area contributed by atoms with E-state index in [9.17, 15) is 19.2 Å². The first-order valence-electron chi connectivity index (χ1n) is 8.41. The SMILES string of the molecule is CC(C(N)=O)N1C(=O)SC(=C2CCN(C(=O)c3ccccc3Cl)CC2)C1=O. The highest BCUT2D eigenvalue weighted by Gasteiger charge is 2.42. The Morgan fingerprint density at radius 2 is 1.81 bits per heavy atom. The van der Waals surface area contributed by atoms with Crippen LogP contribution in [0.1, 0.15) is 30.1 Å². The number of thioether (sulfide) groups is 1. The molecule has 2 aliphatic heterocycles. The van der Waals surface area contributed by atoms with Crippen LogP contribution < -0.4 is 5.73 Å². The van der Waals surface area contributed by atoms with E-state index in [2.05, 4.69) is 0 Å². The van der Waals surface area contributed by atoms with E-state index in [-0.39, 0.29) is 5.91 Å². The highest BCUT2D eigenvalue weighted by molar-refractivity contribution is 8.18. The van der Waals surface area contributed by atoms with E-state index >= 15 is 0 Å². The topological polar surface area (TPSA) is 101 Å². The van der Waals surface area contributed by atoms with Crippen LogP contribution in [0.5, 0.6) is 0 Å². The number of likely N-dealkylation sites (tertiary alicyclic amines) is 1. The smallest absolute Gasteiger partial charge is 0.294 e. The molecule has 1 unspecified atom stereocenters. The third kappa shape index (κ3) is 3.72. The molecule has 0 aliphatic carbocycles. The lowest BCUT2D eigenvalue weighted by molar-refractivity contribution is -0.131. The molecule has 1 aromatic rings. The normalized spacial score (nSPS) is 18.9. The molecule has 1 aromatic carbocycles. The maximum Gasteiger partial charge on any atom is 0.294 e. The number of nitrogens with two attached hydrogens (primary N) is 1. The first-order valence-corrected chi connectivity index (χ1v) is 9.61. The van der Waals surface area contributed by atoms with Crippen molar-refractivity contribution in [2.45, 2.75) is 25.8 Å². The number of carbonyl (C=O) groups is 4. The number of imide groups is 1. The fourth-order valence-electron chi connectivity index (χ4n) is 3.07. The molecular formula is C18H18ClN3O4S. The summed E-state index contributed by atoms with van der Waals surface area (Å²) in [6, 6.07) is 5.87. The zero-order chi connectivity index (χ0) is 19.7. The molecule has 2 aliphatic rings. The number of carbonyl (C=O) groups excluding carboxylic acids is 4. The maximum absolute atomic E-state index is 12.6. The summed E-state index contributed by atoms with van der Waals surface area (Å²) < 4.78 is 0. The van der Waals surface area contributed by atoms with Gasteiger partial charge in [0.25, 0.3) is 17.1 Å². The van der Waals surface area contributed by atoms with Crippen LogP contribution in [0.15, 0.2) is 34.7 Å². The van der Waals surface area contributed by atoms with Crippen molar-refractivity contribution >= 4 is 46.3 Å². The number of rotatable bonds is 3. The van der Waals surface area contributed by atoms with E-state index in [0.717, 1.165) is 22.2 Å². The second-order valence-electron chi connectivity index (χ2n) is 6.33. The first kappa shape index (κ1) is 19.4. The lowest BCUT2D eigenvalue weighted by Gasteiger charge is -2.29. The largest absolute Gasteiger partial charge is 0.368 e.